The SMILES string of the molecule is COc1ccc(O)c(CN2CCN(c3nc4ccccc4cc3C)CC2)c1. The summed E-state index contributed by atoms with van der Waals surface area (Å²) in [5.74, 6) is 2.18. The minimum atomic E-state index is 0.324. The van der Waals surface area contributed by atoms with Crippen LogP contribution < -0.4 is 9.64 Å². The fourth-order valence-corrected chi connectivity index (χ4v) is 3.71. The molecule has 0 aliphatic carbocycles. The number of aromatic hydroxyl groups is 1. The number of phenolic OH excluding ortho intramolecular Hbond substituents is 1. The van der Waals surface area contributed by atoms with Gasteiger partial charge in [-0.25, -0.2) is 4.98 Å². The van der Waals surface area contributed by atoms with Crippen LogP contribution in [0.25, 0.3) is 10.9 Å². The number of pyridine rings is 1. The van der Waals surface area contributed by atoms with Crippen molar-refractivity contribution in [3.63, 3.8) is 0 Å². The van der Waals surface area contributed by atoms with Gasteiger partial charge in [0.2, 0.25) is 0 Å². The van der Waals surface area contributed by atoms with Crippen LogP contribution in [0.1, 0.15) is 11.1 Å². The topological polar surface area (TPSA) is 48.8 Å². The molecule has 27 heavy (non-hydrogen) atoms. The summed E-state index contributed by atoms with van der Waals surface area (Å²) < 4.78 is 5.28. The second-order valence-electron chi connectivity index (χ2n) is 7.08. The normalized spacial score (nSPS) is 15.3. The Morgan fingerprint density at radius 3 is 2.59 bits per heavy atom. The molecule has 5 nitrogen and oxygen atoms in total. The van der Waals surface area contributed by atoms with Crippen molar-refractivity contribution >= 4 is 16.7 Å². The summed E-state index contributed by atoms with van der Waals surface area (Å²) in [6.45, 7) is 6.58. The minimum Gasteiger partial charge on any atom is -0.508 e. The van der Waals surface area contributed by atoms with Crippen molar-refractivity contribution in [2.75, 3.05) is 38.2 Å². The number of benzene rings is 2. The van der Waals surface area contributed by atoms with Crippen LogP contribution in [0.2, 0.25) is 0 Å². The standard InChI is InChI=1S/C22H25N3O2/c1-16-13-17-5-3-4-6-20(17)23-22(16)25-11-9-24(10-12-25)15-18-14-19(27-2)7-8-21(18)26/h3-8,13-14,26H,9-12,15H2,1-2H3. The molecule has 1 aromatic heterocycles. The molecule has 1 saturated heterocycles. The van der Waals surface area contributed by atoms with Gasteiger partial charge < -0.3 is 14.7 Å². The number of ether oxygens (including phenoxy) is 1. The largest absolute Gasteiger partial charge is 0.508 e. The van der Waals surface area contributed by atoms with E-state index in [-0.39, 0.29) is 0 Å². The van der Waals surface area contributed by atoms with Gasteiger partial charge in [0.1, 0.15) is 17.3 Å². The molecule has 4 rings (SSSR count). The number of fused-ring (bicyclic) bond motifs is 1. The predicted molar refractivity (Wildman–Crippen MR) is 109 cm³/mol. The van der Waals surface area contributed by atoms with Crippen LogP contribution in [0.3, 0.4) is 0 Å². The molecule has 2 heterocycles. The Labute approximate surface area is 159 Å². The van der Waals surface area contributed by atoms with Crippen LogP contribution in [0.5, 0.6) is 11.5 Å². The molecule has 1 aliphatic rings. The molecule has 0 radical (unpaired) electrons. The Morgan fingerprint density at radius 2 is 1.81 bits per heavy atom. The monoisotopic (exact) mass is 363 g/mol. The highest BCUT2D eigenvalue weighted by Gasteiger charge is 2.20. The average molecular weight is 363 g/mol. The molecule has 1 fully saturated rings. The van der Waals surface area contributed by atoms with Gasteiger partial charge in [-0.15, -0.1) is 0 Å². The molecule has 1 N–H and O–H groups in total. The first-order valence-electron chi connectivity index (χ1n) is 9.33. The summed E-state index contributed by atoms with van der Waals surface area (Å²) in [4.78, 5) is 9.62. The number of hydrogen-bond acceptors (Lipinski definition) is 5. The summed E-state index contributed by atoms with van der Waals surface area (Å²) in [7, 11) is 1.65. The maximum Gasteiger partial charge on any atom is 0.132 e. The number of phenols is 1. The van der Waals surface area contributed by atoms with E-state index >= 15 is 0 Å². The van der Waals surface area contributed by atoms with Crippen LogP contribution in [-0.2, 0) is 6.54 Å². The molecule has 0 bridgehead atoms. The van der Waals surface area contributed by atoms with E-state index in [0.717, 1.165) is 55.4 Å². The lowest BCUT2D eigenvalue weighted by molar-refractivity contribution is 0.246. The Kier molecular flexibility index (Phi) is 4.86. The van der Waals surface area contributed by atoms with Crippen LogP contribution in [0, 0.1) is 6.92 Å². The van der Waals surface area contributed by atoms with Crippen LogP contribution in [0.4, 0.5) is 5.82 Å². The summed E-state index contributed by atoms with van der Waals surface area (Å²) in [5.41, 5.74) is 3.16. The lowest BCUT2D eigenvalue weighted by atomic mass is 10.1. The van der Waals surface area contributed by atoms with Crippen molar-refractivity contribution < 1.29 is 9.84 Å². The average Bonchev–Trinajstić information content (AvgIpc) is 2.70. The number of aryl methyl sites for hydroxylation is 1. The first kappa shape index (κ1) is 17.6. The third-order valence-electron chi connectivity index (χ3n) is 5.24. The van der Waals surface area contributed by atoms with E-state index in [1.165, 1.54) is 10.9 Å². The Morgan fingerprint density at radius 1 is 1.04 bits per heavy atom. The Bertz CT molecular complexity index is 949. The van der Waals surface area contributed by atoms with Gasteiger partial charge in [0.25, 0.3) is 0 Å². The van der Waals surface area contributed by atoms with Crippen molar-refractivity contribution in [3.8, 4) is 11.5 Å². The lowest BCUT2D eigenvalue weighted by Crippen LogP contribution is -2.46. The van der Waals surface area contributed by atoms with E-state index in [0.29, 0.717) is 5.75 Å². The minimum absolute atomic E-state index is 0.324. The van der Waals surface area contributed by atoms with E-state index < -0.39 is 0 Å². The van der Waals surface area contributed by atoms with Gasteiger partial charge in [-0.2, -0.15) is 0 Å². The molecular formula is C22H25N3O2. The van der Waals surface area contributed by atoms with Gasteiger partial charge >= 0.3 is 0 Å². The number of para-hydroxylation sites is 1. The zero-order chi connectivity index (χ0) is 18.8. The summed E-state index contributed by atoms with van der Waals surface area (Å²) in [6, 6.07) is 15.9. The quantitative estimate of drug-likeness (QED) is 0.768. The summed E-state index contributed by atoms with van der Waals surface area (Å²) >= 11 is 0. The van der Waals surface area contributed by atoms with Gasteiger partial charge in [-0.3, -0.25) is 4.90 Å². The van der Waals surface area contributed by atoms with Crippen LogP contribution in [-0.4, -0.2) is 48.3 Å². The predicted octanol–water partition coefficient (Wildman–Crippen LogP) is 3.58. The number of nitrogens with zero attached hydrogens (tertiary/aromatic N) is 3. The maximum absolute atomic E-state index is 10.1. The number of rotatable bonds is 4. The first-order valence-corrected chi connectivity index (χ1v) is 9.33. The Balaban J connectivity index is 1.46. The smallest absolute Gasteiger partial charge is 0.132 e. The van der Waals surface area contributed by atoms with Crippen molar-refractivity contribution in [3.05, 3.63) is 59.7 Å². The second kappa shape index (κ2) is 7.45. The first-order chi connectivity index (χ1) is 13.1. The second-order valence-corrected chi connectivity index (χ2v) is 7.08. The number of anilines is 1. The van der Waals surface area contributed by atoms with Crippen LogP contribution >= 0.6 is 0 Å². The molecule has 1 aliphatic heterocycles. The van der Waals surface area contributed by atoms with E-state index in [4.69, 9.17) is 9.72 Å². The van der Waals surface area contributed by atoms with Gasteiger partial charge in [-0.05, 0) is 42.8 Å². The molecule has 5 heteroatoms. The number of methoxy groups -OCH3 is 1. The summed E-state index contributed by atoms with van der Waals surface area (Å²) in [5, 5.41) is 11.3. The zero-order valence-corrected chi connectivity index (χ0v) is 15.9. The fraction of sp³-hybridized carbons (Fsp3) is 0.318. The molecule has 0 amide bonds. The lowest BCUT2D eigenvalue weighted by Gasteiger charge is -2.36. The molecule has 0 unspecified atom stereocenters. The van der Waals surface area contributed by atoms with E-state index in [2.05, 4.69) is 41.0 Å². The third kappa shape index (κ3) is 3.69. The zero-order valence-electron chi connectivity index (χ0n) is 15.9. The number of piperazine rings is 1. The van der Waals surface area contributed by atoms with Crippen molar-refractivity contribution in [2.24, 2.45) is 0 Å². The Hall–Kier alpha value is -2.79. The highest BCUT2D eigenvalue weighted by molar-refractivity contribution is 5.81. The van der Waals surface area contributed by atoms with Gasteiger partial charge in [0, 0.05) is 43.7 Å². The maximum atomic E-state index is 10.1. The van der Waals surface area contributed by atoms with E-state index in [1.54, 1.807) is 19.2 Å². The van der Waals surface area contributed by atoms with Crippen molar-refractivity contribution in [2.45, 2.75) is 13.5 Å². The van der Waals surface area contributed by atoms with Crippen molar-refractivity contribution in [1.82, 2.24) is 9.88 Å². The molecule has 2 aromatic carbocycles. The van der Waals surface area contributed by atoms with Gasteiger partial charge in [0.05, 0.1) is 12.6 Å². The fourth-order valence-electron chi connectivity index (χ4n) is 3.71. The highest BCUT2D eigenvalue weighted by Crippen LogP contribution is 2.26. The summed E-state index contributed by atoms with van der Waals surface area (Å²) in [6.07, 6.45) is 0. The molecule has 3 aromatic rings. The molecule has 140 valence electrons. The number of hydrogen-bond donors (Lipinski definition) is 1. The number of aromatic nitrogens is 1. The molecule has 0 spiro atoms. The van der Waals surface area contributed by atoms with E-state index in [9.17, 15) is 5.11 Å². The highest BCUT2D eigenvalue weighted by atomic mass is 16.5. The molecule has 0 atom stereocenters. The van der Waals surface area contributed by atoms with Gasteiger partial charge in [-0.1, -0.05) is 18.2 Å². The van der Waals surface area contributed by atoms with Gasteiger partial charge in [0.15, 0.2) is 0 Å². The molecule has 0 saturated carbocycles. The third-order valence-corrected chi connectivity index (χ3v) is 5.24. The van der Waals surface area contributed by atoms with Crippen molar-refractivity contribution in [1.29, 1.82) is 0 Å². The van der Waals surface area contributed by atoms with Crippen LogP contribution in [0.15, 0.2) is 48.5 Å². The molecular weight excluding hydrogens is 338 g/mol. The van der Waals surface area contributed by atoms with E-state index in [1.807, 2.05) is 12.1 Å².